The topological polar surface area (TPSA) is 57.5 Å². The first-order valence-electron chi connectivity index (χ1n) is 8.04. The van der Waals surface area contributed by atoms with E-state index in [1.807, 2.05) is 19.9 Å². The van der Waals surface area contributed by atoms with Crippen LogP contribution in [0.25, 0.3) is 0 Å². The summed E-state index contributed by atoms with van der Waals surface area (Å²) >= 11 is 0. The Morgan fingerprint density at radius 1 is 1.12 bits per heavy atom. The van der Waals surface area contributed by atoms with E-state index >= 15 is 0 Å². The molecule has 1 saturated carbocycles. The van der Waals surface area contributed by atoms with Crippen molar-refractivity contribution in [3.63, 3.8) is 0 Å². The fourth-order valence-electron chi connectivity index (χ4n) is 2.96. The van der Waals surface area contributed by atoms with Crippen LogP contribution in [0.3, 0.4) is 0 Å². The van der Waals surface area contributed by atoms with Crippen molar-refractivity contribution in [2.45, 2.75) is 39.3 Å². The number of nitrogens with zero attached hydrogens (tertiary/aromatic N) is 1. The van der Waals surface area contributed by atoms with Gasteiger partial charge < -0.3 is 14.0 Å². The zero-order valence-electron chi connectivity index (χ0n) is 14.2. The summed E-state index contributed by atoms with van der Waals surface area (Å²) in [5.74, 6) is -0.696. The molecule has 0 N–H and O–H groups in total. The molecule has 5 heteroatoms. The molecule has 0 radical (unpaired) electrons. The van der Waals surface area contributed by atoms with Crippen LogP contribution < -0.4 is 0 Å². The van der Waals surface area contributed by atoms with E-state index in [9.17, 15) is 9.59 Å². The average Bonchev–Trinajstić information content (AvgIpc) is 3.37. The molecule has 2 aromatic rings. The van der Waals surface area contributed by atoms with E-state index in [0.29, 0.717) is 17.2 Å². The van der Waals surface area contributed by atoms with Gasteiger partial charge in [-0.05, 0) is 50.5 Å². The van der Waals surface area contributed by atoms with Crippen molar-refractivity contribution in [2.24, 2.45) is 0 Å². The van der Waals surface area contributed by atoms with Crippen LogP contribution in [0.15, 0.2) is 30.3 Å². The highest BCUT2D eigenvalue weighted by molar-refractivity contribution is 5.91. The van der Waals surface area contributed by atoms with Crippen molar-refractivity contribution in [1.29, 1.82) is 0 Å². The number of ether oxygens (including phenoxy) is 2. The molecule has 1 aliphatic rings. The van der Waals surface area contributed by atoms with Crippen molar-refractivity contribution in [2.75, 3.05) is 7.11 Å². The second-order valence-electron chi connectivity index (χ2n) is 6.15. The summed E-state index contributed by atoms with van der Waals surface area (Å²) in [6.07, 6.45) is 2.36. The zero-order chi connectivity index (χ0) is 17.3. The SMILES string of the molecule is COC(=O)c1ccc(COC(=O)c2cc(C)n(C3CC3)c2C)cc1. The number of aromatic nitrogens is 1. The van der Waals surface area contributed by atoms with E-state index < -0.39 is 0 Å². The number of benzene rings is 1. The Kier molecular flexibility index (Phi) is 4.42. The lowest BCUT2D eigenvalue weighted by Gasteiger charge is -2.08. The normalized spacial score (nSPS) is 13.6. The fourth-order valence-corrected chi connectivity index (χ4v) is 2.96. The molecule has 0 bridgehead atoms. The Bertz CT molecular complexity index is 769. The molecular weight excluding hydrogens is 306 g/mol. The van der Waals surface area contributed by atoms with E-state index in [1.165, 1.54) is 20.0 Å². The molecule has 24 heavy (non-hydrogen) atoms. The number of rotatable bonds is 5. The second-order valence-corrected chi connectivity index (χ2v) is 6.15. The molecule has 0 spiro atoms. The van der Waals surface area contributed by atoms with Crippen LogP contribution in [0.1, 0.15) is 56.6 Å². The molecule has 0 aliphatic heterocycles. The van der Waals surface area contributed by atoms with Crippen LogP contribution in [-0.4, -0.2) is 23.6 Å². The molecule has 3 rings (SSSR count). The quantitative estimate of drug-likeness (QED) is 0.788. The number of carbonyl (C=O) groups is 2. The molecular formula is C19H21NO4. The first-order valence-corrected chi connectivity index (χ1v) is 8.04. The number of carbonyl (C=O) groups excluding carboxylic acids is 2. The molecule has 0 saturated heterocycles. The van der Waals surface area contributed by atoms with Crippen LogP contribution in [0, 0.1) is 13.8 Å². The summed E-state index contributed by atoms with van der Waals surface area (Å²) in [4.78, 5) is 23.8. The van der Waals surface area contributed by atoms with Crippen LogP contribution in [0.5, 0.6) is 0 Å². The van der Waals surface area contributed by atoms with Crippen LogP contribution in [0.2, 0.25) is 0 Å². The third kappa shape index (κ3) is 3.20. The highest BCUT2D eigenvalue weighted by Crippen LogP contribution is 2.38. The first kappa shape index (κ1) is 16.3. The maximum absolute atomic E-state index is 12.4. The minimum absolute atomic E-state index is 0.174. The molecule has 5 nitrogen and oxygen atoms in total. The summed E-state index contributed by atoms with van der Waals surface area (Å²) < 4.78 is 12.3. The summed E-state index contributed by atoms with van der Waals surface area (Å²) in [5, 5.41) is 0. The van der Waals surface area contributed by atoms with Gasteiger partial charge in [-0.3, -0.25) is 0 Å². The molecule has 0 amide bonds. The second kappa shape index (κ2) is 6.51. The van der Waals surface area contributed by atoms with Gasteiger partial charge >= 0.3 is 11.9 Å². The standard InChI is InChI=1S/C19H21NO4/c1-12-10-17(13(2)20(12)16-8-9-16)19(22)24-11-14-4-6-15(7-5-14)18(21)23-3/h4-7,10,16H,8-9,11H2,1-3H3. The Morgan fingerprint density at radius 2 is 1.79 bits per heavy atom. The number of hydrogen-bond acceptors (Lipinski definition) is 4. The summed E-state index contributed by atoms with van der Waals surface area (Å²) in [6.45, 7) is 4.16. The first-order chi connectivity index (χ1) is 11.5. The third-order valence-corrected chi connectivity index (χ3v) is 4.36. The number of methoxy groups -OCH3 is 1. The van der Waals surface area contributed by atoms with E-state index in [2.05, 4.69) is 9.30 Å². The van der Waals surface area contributed by atoms with Crippen molar-refractivity contribution in [3.8, 4) is 0 Å². The van der Waals surface area contributed by atoms with E-state index in [0.717, 1.165) is 17.0 Å². The van der Waals surface area contributed by atoms with Gasteiger partial charge in [0.15, 0.2) is 0 Å². The Balaban J connectivity index is 1.65. The van der Waals surface area contributed by atoms with Gasteiger partial charge in [0.05, 0.1) is 18.2 Å². The molecule has 0 unspecified atom stereocenters. The van der Waals surface area contributed by atoms with Gasteiger partial charge in [-0.1, -0.05) is 12.1 Å². The molecule has 1 aliphatic carbocycles. The Hall–Kier alpha value is -2.56. The zero-order valence-corrected chi connectivity index (χ0v) is 14.2. The molecule has 1 heterocycles. The molecule has 126 valence electrons. The Labute approximate surface area is 141 Å². The lowest BCUT2D eigenvalue weighted by Crippen LogP contribution is -2.08. The third-order valence-electron chi connectivity index (χ3n) is 4.36. The van der Waals surface area contributed by atoms with Gasteiger partial charge in [-0.2, -0.15) is 0 Å². The van der Waals surface area contributed by atoms with Gasteiger partial charge in [0.1, 0.15) is 6.61 Å². The average molecular weight is 327 g/mol. The van der Waals surface area contributed by atoms with Crippen molar-refractivity contribution in [3.05, 3.63) is 58.4 Å². The maximum atomic E-state index is 12.4. The fraction of sp³-hybridized carbons (Fsp3) is 0.368. The molecule has 1 aromatic carbocycles. The van der Waals surface area contributed by atoms with Gasteiger partial charge in [-0.25, -0.2) is 9.59 Å². The molecule has 1 fully saturated rings. The van der Waals surface area contributed by atoms with E-state index in [-0.39, 0.29) is 18.5 Å². The maximum Gasteiger partial charge on any atom is 0.340 e. The van der Waals surface area contributed by atoms with Gasteiger partial charge in [0, 0.05) is 17.4 Å². The summed E-state index contributed by atoms with van der Waals surface area (Å²) in [6, 6.07) is 9.27. The predicted octanol–water partition coefficient (Wildman–Crippen LogP) is 3.58. The number of aryl methyl sites for hydroxylation is 1. The summed E-state index contributed by atoms with van der Waals surface area (Å²) in [7, 11) is 1.34. The Morgan fingerprint density at radius 3 is 2.38 bits per heavy atom. The minimum atomic E-state index is -0.383. The van der Waals surface area contributed by atoms with Gasteiger partial charge in [0.2, 0.25) is 0 Å². The van der Waals surface area contributed by atoms with Crippen molar-refractivity contribution >= 4 is 11.9 Å². The van der Waals surface area contributed by atoms with Crippen LogP contribution in [-0.2, 0) is 16.1 Å². The smallest absolute Gasteiger partial charge is 0.340 e. The largest absolute Gasteiger partial charge is 0.465 e. The number of esters is 2. The predicted molar refractivity (Wildman–Crippen MR) is 89.1 cm³/mol. The highest BCUT2D eigenvalue weighted by Gasteiger charge is 2.28. The number of hydrogen-bond donors (Lipinski definition) is 0. The lowest BCUT2D eigenvalue weighted by molar-refractivity contribution is 0.0470. The van der Waals surface area contributed by atoms with Gasteiger partial charge in [0.25, 0.3) is 0 Å². The van der Waals surface area contributed by atoms with Crippen LogP contribution in [0.4, 0.5) is 0 Å². The van der Waals surface area contributed by atoms with Crippen molar-refractivity contribution in [1.82, 2.24) is 4.57 Å². The minimum Gasteiger partial charge on any atom is -0.465 e. The van der Waals surface area contributed by atoms with Gasteiger partial charge in [-0.15, -0.1) is 0 Å². The van der Waals surface area contributed by atoms with E-state index in [4.69, 9.17) is 4.74 Å². The lowest BCUT2D eigenvalue weighted by atomic mass is 10.1. The van der Waals surface area contributed by atoms with E-state index in [1.54, 1.807) is 24.3 Å². The monoisotopic (exact) mass is 327 g/mol. The highest BCUT2D eigenvalue weighted by atomic mass is 16.5. The molecule has 0 atom stereocenters. The van der Waals surface area contributed by atoms with Crippen LogP contribution >= 0.6 is 0 Å². The van der Waals surface area contributed by atoms with Crippen molar-refractivity contribution < 1.29 is 19.1 Å². The molecule has 1 aromatic heterocycles. The summed E-state index contributed by atoms with van der Waals surface area (Å²) in [5.41, 5.74) is 4.00.